The Bertz CT molecular complexity index is 837. The van der Waals surface area contributed by atoms with E-state index in [1.165, 1.54) is 12.1 Å². The first-order valence-corrected chi connectivity index (χ1v) is 8.29. The molecule has 1 heterocycles. The van der Waals surface area contributed by atoms with Gasteiger partial charge in [-0.3, -0.25) is 4.79 Å². The lowest BCUT2D eigenvalue weighted by atomic mass is 9.76. The van der Waals surface area contributed by atoms with Crippen molar-refractivity contribution in [2.45, 2.75) is 19.8 Å². The highest BCUT2D eigenvalue weighted by molar-refractivity contribution is 5.94. The number of nitrogens with two attached hydrogens (primary N) is 1. The van der Waals surface area contributed by atoms with Crippen LogP contribution in [-0.2, 0) is 11.2 Å². The minimum absolute atomic E-state index is 0.0766. The molecular formula is C21H20FNO2. The van der Waals surface area contributed by atoms with Crippen LogP contribution in [-0.4, -0.2) is 19.1 Å². The number of carbonyl (C=O) groups excluding carboxylic acids is 1. The van der Waals surface area contributed by atoms with Crippen molar-refractivity contribution in [1.29, 1.82) is 0 Å². The minimum Gasteiger partial charge on any atom is -0.380 e. The maximum Gasteiger partial charge on any atom is 0.248 e. The van der Waals surface area contributed by atoms with Gasteiger partial charge in [-0.15, -0.1) is 0 Å². The molecule has 25 heavy (non-hydrogen) atoms. The predicted molar refractivity (Wildman–Crippen MR) is 94.6 cm³/mol. The van der Waals surface area contributed by atoms with Gasteiger partial charge in [0.1, 0.15) is 5.82 Å². The summed E-state index contributed by atoms with van der Waals surface area (Å²) in [5.74, 6) is 5.37. The van der Waals surface area contributed by atoms with Gasteiger partial charge >= 0.3 is 0 Å². The van der Waals surface area contributed by atoms with E-state index in [1.807, 2.05) is 6.07 Å². The Kier molecular flexibility index (Phi) is 4.87. The average molecular weight is 337 g/mol. The fraction of sp³-hybridized carbons (Fsp3) is 0.286. The van der Waals surface area contributed by atoms with Crippen LogP contribution in [0.4, 0.5) is 4.39 Å². The maximum atomic E-state index is 13.0. The van der Waals surface area contributed by atoms with E-state index in [9.17, 15) is 9.18 Å². The van der Waals surface area contributed by atoms with E-state index in [0.717, 1.165) is 29.5 Å². The lowest BCUT2D eigenvalue weighted by Crippen LogP contribution is -2.44. The molecule has 4 heteroatoms. The highest BCUT2D eigenvalue weighted by atomic mass is 19.1. The summed E-state index contributed by atoms with van der Waals surface area (Å²) in [6.45, 7) is 3.53. The maximum absolute atomic E-state index is 13.0. The van der Waals surface area contributed by atoms with E-state index in [-0.39, 0.29) is 11.2 Å². The summed E-state index contributed by atoms with van der Waals surface area (Å²) < 4.78 is 18.3. The molecule has 0 aliphatic carbocycles. The third-order valence-electron chi connectivity index (χ3n) is 4.70. The summed E-state index contributed by atoms with van der Waals surface area (Å²) in [5, 5.41) is 0. The molecule has 0 unspecified atom stereocenters. The Morgan fingerprint density at radius 1 is 1.16 bits per heavy atom. The molecule has 0 spiro atoms. The molecule has 1 fully saturated rings. The van der Waals surface area contributed by atoms with E-state index in [1.54, 1.807) is 24.3 Å². The van der Waals surface area contributed by atoms with Crippen molar-refractivity contribution in [3.63, 3.8) is 0 Å². The summed E-state index contributed by atoms with van der Waals surface area (Å²) in [5.41, 5.74) is 8.58. The van der Waals surface area contributed by atoms with Crippen LogP contribution in [0.15, 0.2) is 42.5 Å². The summed E-state index contributed by atoms with van der Waals surface area (Å²) in [7, 11) is 0. The second kappa shape index (κ2) is 7.08. The normalized spacial score (nSPS) is 15.0. The molecule has 0 bridgehead atoms. The summed E-state index contributed by atoms with van der Waals surface area (Å²) in [6.07, 6.45) is 1.73. The summed E-state index contributed by atoms with van der Waals surface area (Å²) >= 11 is 0. The van der Waals surface area contributed by atoms with E-state index in [2.05, 4.69) is 18.8 Å². The fourth-order valence-corrected chi connectivity index (χ4v) is 2.96. The first-order valence-electron chi connectivity index (χ1n) is 8.29. The van der Waals surface area contributed by atoms with E-state index >= 15 is 0 Å². The minimum atomic E-state index is -0.431. The smallest absolute Gasteiger partial charge is 0.248 e. The molecule has 3 nitrogen and oxygen atoms in total. The van der Waals surface area contributed by atoms with Gasteiger partial charge in [-0.2, -0.15) is 0 Å². The molecule has 0 atom stereocenters. The number of rotatable bonds is 4. The van der Waals surface area contributed by atoms with Crippen LogP contribution >= 0.6 is 0 Å². The highest BCUT2D eigenvalue weighted by Crippen LogP contribution is 2.36. The molecule has 3 rings (SSSR count). The first kappa shape index (κ1) is 17.2. The quantitative estimate of drug-likeness (QED) is 0.871. The highest BCUT2D eigenvalue weighted by Gasteiger charge is 2.37. The van der Waals surface area contributed by atoms with Gasteiger partial charge in [0, 0.05) is 22.1 Å². The number of carbonyl (C=O) groups is 1. The molecule has 2 N–H and O–H groups in total. The van der Waals surface area contributed by atoms with E-state index in [4.69, 9.17) is 10.5 Å². The molecule has 2 aromatic carbocycles. The van der Waals surface area contributed by atoms with Crippen molar-refractivity contribution < 1.29 is 13.9 Å². The van der Waals surface area contributed by atoms with Gasteiger partial charge < -0.3 is 10.5 Å². The number of benzene rings is 2. The van der Waals surface area contributed by atoms with Crippen LogP contribution in [0.3, 0.4) is 0 Å². The zero-order chi connectivity index (χ0) is 17.9. The number of primary amides is 1. The van der Waals surface area contributed by atoms with Crippen molar-refractivity contribution >= 4 is 5.91 Å². The van der Waals surface area contributed by atoms with Crippen LogP contribution in [0.1, 0.15) is 40.4 Å². The lowest BCUT2D eigenvalue weighted by Gasteiger charge is -2.41. The molecule has 128 valence electrons. The number of hydrogen-bond donors (Lipinski definition) is 1. The molecule has 0 radical (unpaired) electrons. The van der Waals surface area contributed by atoms with Crippen molar-refractivity contribution in [3.8, 4) is 11.8 Å². The van der Waals surface area contributed by atoms with Crippen molar-refractivity contribution in [2.24, 2.45) is 11.1 Å². The van der Waals surface area contributed by atoms with Gasteiger partial charge in [0.15, 0.2) is 0 Å². The molecule has 0 aromatic heterocycles. The monoisotopic (exact) mass is 337 g/mol. The Morgan fingerprint density at radius 3 is 2.36 bits per heavy atom. The van der Waals surface area contributed by atoms with Gasteiger partial charge in [0.25, 0.3) is 0 Å². The Labute approximate surface area is 147 Å². The Morgan fingerprint density at radius 2 is 1.80 bits per heavy atom. The number of hydrogen-bond acceptors (Lipinski definition) is 2. The molecule has 1 aliphatic rings. The number of ether oxygens (including phenoxy) is 1. The molecule has 1 amide bonds. The van der Waals surface area contributed by atoms with Crippen molar-refractivity contribution in [3.05, 3.63) is 70.5 Å². The van der Waals surface area contributed by atoms with E-state index < -0.39 is 5.91 Å². The Balaban J connectivity index is 1.90. The van der Waals surface area contributed by atoms with Crippen molar-refractivity contribution in [2.75, 3.05) is 13.2 Å². The number of amides is 1. The molecule has 0 saturated carbocycles. The van der Waals surface area contributed by atoms with Crippen molar-refractivity contribution in [1.82, 2.24) is 0 Å². The molecule has 1 saturated heterocycles. The second-order valence-electron chi connectivity index (χ2n) is 6.52. The van der Waals surface area contributed by atoms with Gasteiger partial charge in [-0.1, -0.05) is 18.8 Å². The third kappa shape index (κ3) is 3.89. The first-order chi connectivity index (χ1) is 12.0. The van der Waals surface area contributed by atoms with Gasteiger partial charge in [-0.25, -0.2) is 4.39 Å². The molecule has 2 aromatic rings. The van der Waals surface area contributed by atoms with E-state index in [0.29, 0.717) is 18.8 Å². The largest absolute Gasteiger partial charge is 0.380 e. The van der Waals surface area contributed by atoms with Crippen LogP contribution in [0.5, 0.6) is 0 Å². The summed E-state index contributed by atoms with van der Waals surface area (Å²) in [4.78, 5) is 11.7. The van der Waals surface area contributed by atoms with Gasteiger partial charge in [0.05, 0.1) is 13.2 Å². The predicted octanol–water partition coefficient (Wildman–Crippen LogP) is 3.29. The standard InChI is InChI=1S/C21H20FNO2/c1-2-21(13-25-14-21)12-17-11-16(7-10-19(17)20(23)24)4-3-15-5-8-18(22)9-6-15/h5-11H,2,12-14H2,1H3,(H2,23,24). The van der Waals surface area contributed by atoms with Crippen LogP contribution in [0.25, 0.3) is 0 Å². The third-order valence-corrected chi connectivity index (χ3v) is 4.70. The second-order valence-corrected chi connectivity index (χ2v) is 6.52. The zero-order valence-corrected chi connectivity index (χ0v) is 14.1. The number of halogens is 1. The SMILES string of the molecule is CCC1(Cc2cc(C#Cc3ccc(F)cc3)ccc2C(N)=O)COC1. The topological polar surface area (TPSA) is 52.3 Å². The van der Waals surface area contributed by atoms with Crippen LogP contribution in [0.2, 0.25) is 0 Å². The zero-order valence-electron chi connectivity index (χ0n) is 14.1. The van der Waals surface area contributed by atoms with Crippen LogP contribution in [0, 0.1) is 23.1 Å². The fourth-order valence-electron chi connectivity index (χ4n) is 2.96. The molecule has 1 aliphatic heterocycles. The lowest BCUT2D eigenvalue weighted by molar-refractivity contribution is -0.114. The Hall–Kier alpha value is -2.64. The van der Waals surface area contributed by atoms with Gasteiger partial charge in [0.2, 0.25) is 5.91 Å². The summed E-state index contributed by atoms with van der Waals surface area (Å²) in [6, 6.07) is 11.5. The average Bonchev–Trinajstić information content (AvgIpc) is 2.57. The van der Waals surface area contributed by atoms with Crippen LogP contribution < -0.4 is 5.73 Å². The molecular weight excluding hydrogens is 317 g/mol. The van der Waals surface area contributed by atoms with Gasteiger partial charge in [-0.05, 0) is 60.9 Å².